The number of halogens is 3. The molecule has 7 heteroatoms. The topological polar surface area (TPSA) is 34.0 Å². The van der Waals surface area contributed by atoms with E-state index in [4.69, 9.17) is 11.6 Å². The van der Waals surface area contributed by atoms with Crippen LogP contribution in [0.5, 0.6) is 0 Å². The van der Waals surface area contributed by atoms with Crippen LogP contribution >= 0.6 is 38.9 Å². The van der Waals surface area contributed by atoms with Crippen LogP contribution in [0.3, 0.4) is 0 Å². The zero-order valence-corrected chi connectivity index (χ0v) is 17.7. The Labute approximate surface area is 178 Å². The molecule has 3 nitrogen and oxygen atoms in total. The molecule has 0 aliphatic heterocycles. The fourth-order valence-corrected chi connectivity index (χ4v) is 4.87. The molecule has 4 rings (SSSR count). The number of thiophene rings is 1. The summed E-state index contributed by atoms with van der Waals surface area (Å²) in [5.41, 5.74) is 2.95. The summed E-state index contributed by atoms with van der Waals surface area (Å²) in [5.74, 6) is -0.577. The van der Waals surface area contributed by atoms with Gasteiger partial charge in [0.25, 0.3) is 5.91 Å². The Kier molecular flexibility index (Phi) is 5.53. The minimum Gasteiger partial charge on any atom is -0.347 e. The molecule has 142 valence electrons. The monoisotopic (exact) mass is 476 g/mol. The molecule has 2 aromatic carbocycles. The van der Waals surface area contributed by atoms with Gasteiger partial charge in [-0.1, -0.05) is 41.9 Å². The number of aromatic nitrogens is 1. The van der Waals surface area contributed by atoms with Crippen molar-refractivity contribution in [3.8, 4) is 0 Å². The van der Waals surface area contributed by atoms with Crippen molar-refractivity contribution in [1.82, 2.24) is 9.88 Å². The van der Waals surface area contributed by atoms with Gasteiger partial charge in [0.1, 0.15) is 11.5 Å². The van der Waals surface area contributed by atoms with Gasteiger partial charge in [-0.3, -0.25) is 4.79 Å². The first-order valence-corrected chi connectivity index (χ1v) is 10.5. The van der Waals surface area contributed by atoms with E-state index < -0.39 is 0 Å². The van der Waals surface area contributed by atoms with Crippen LogP contribution in [0.4, 0.5) is 4.39 Å². The summed E-state index contributed by atoms with van der Waals surface area (Å²) < 4.78 is 17.8. The summed E-state index contributed by atoms with van der Waals surface area (Å²) in [4.78, 5) is 12.9. The molecule has 2 heterocycles. The summed E-state index contributed by atoms with van der Waals surface area (Å²) >= 11 is 11.2. The molecule has 0 unspecified atom stereocenters. The number of carbonyl (C=O) groups is 1. The number of benzene rings is 2. The molecule has 0 saturated carbocycles. The molecule has 0 spiro atoms. The van der Waals surface area contributed by atoms with Gasteiger partial charge in [0.05, 0.1) is 14.0 Å². The van der Waals surface area contributed by atoms with Crippen molar-refractivity contribution in [3.63, 3.8) is 0 Å². The molecular weight excluding hydrogens is 463 g/mol. The van der Waals surface area contributed by atoms with Gasteiger partial charge in [0.2, 0.25) is 0 Å². The Morgan fingerprint density at radius 2 is 1.96 bits per heavy atom. The SMILES string of the molecule is O=C(NCc1ccccc1F)c1cc2sc(Br)cc2n1Cc1cccc(Cl)c1. The smallest absolute Gasteiger partial charge is 0.268 e. The molecule has 0 aliphatic carbocycles. The first-order valence-electron chi connectivity index (χ1n) is 8.56. The fraction of sp³-hybridized carbons (Fsp3) is 0.0952. The Morgan fingerprint density at radius 1 is 1.14 bits per heavy atom. The largest absolute Gasteiger partial charge is 0.347 e. The van der Waals surface area contributed by atoms with Crippen molar-refractivity contribution in [1.29, 1.82) is 0 Å². The molecule has 0 atom stereocenters. The highest BCUT2D eigenvalue weighted by Crippen LogP contribution is 2.33. The average molecular weight is 478 g/mol. The van der Waals surface area contributed by atoms with Crippen LogP contribution in [0.15, 0.2) is 64.5 Å². The molecule has 0 fully saturated rings. The van der Waals surface area contributed by atoms with E-state index in [1.165, 1.54) is 6.07 Å². The summed E-state index contributed by atoms with van der Waals surface area (Å²) in [6.45, 7) is 0.640. The highest BCUT2D eigenvalue weighted by molar-refractivity contribution is 9.11. The molecular formula is C21H15BrClFN2OS. The third-order valence-corrected chi connectivity index (χ3v) is 6.23. The maximum Gasteiger partial charge on any atom is 0.268 e. The van der Waals surface area contributed by atoms with E-state index in [9.17, 15) is 9.18 Å². The van der Waals surface area contributed by atoms with Crippen molar-refractivity contribution < 1.29 is 9.18 Å². The summed E-state index contributed by atoms with van der Waals surface area (Å²) in [6.07, 6.45) is 0. The molecule has 1 N–H and O–H groups in total. The number of fused-ring (bicyclic) bond motifs is 1. The molecule has 0 saturated heterocycles. The predicted octanol–water partition coefficient (Wildman–Crippen LogP) is 6.24. The van der Waals surface area contributed by atoms with Crippen molar-refractivity contribution in [2.45, 2.75) is 13.1 Å². The van der Waals surface area contributed by atoms with E-state index in [0.29, 0.717) is 22.8 Å². The highest BCUT2D eigenvalue weighted by Gasteiger charge is 2.18. The lowest BCUT2D eigenvalue weighted by Gasteiger charge is -2.12. The number of amides is 1. The van der Waals surface area contributed by atoms with Gasteiger partial charge in [0, 0.05) is 23.7 Å². The first-order chi connectivity index (χ1) is 13.5. The van der Waals surface area contributed by atoms with E-state index in [1.54, 1.807) is 29.5 Å². The van der Waals surface area contributed by atoms with Gasteiger partial charge in [-0.25, -0.2) is 4.39 Å². The van der Waals surface area contributed by atoms with E-state index in [1.807, 2.05) is 41.0 Å². The molecule has 0 radical (unpaired) electrons. The second kappa shape index (κ2) is 8.07. The molecule has 1 amide bonds. The van der Waals surface area contributed by atoms with Crippen LogP contribution in [0.2, 0.25) is 5.02 Å². The van der Waals surface area contributed by atoms with Gasteiger partial charge in [-0.2, -0.15) is 0 Å². The average Bonchev–Trinajstić information content (AvgIpc) is 3.18. The summed E-state index contributed by atoms with van der Waals surface area (Å²) in [5, 5.41) is 3.48. The second-order valence-corrected chi connectivity index (χ2v) is 9.22. The summed E-state index contributed by atoms with van der Waals surface area (Å²) in [7, 11) is 0. The molecule has 28 heavy (non-hydrogen) atoms. The molecule has 2 aromatic heterocycles. The first kappa shape index (κ1) is 19.2. The lowest BCUT2D eigenvalue weighted by Crippen LogP contribution is -2.26. The van der Waals surface area contributed by atoms with Gasteiger partial charge < -0.3 is 9.88 Å². The normalized spacial score (nSPS) is 11.1. The van der Waals surface area contributed by atoms with Crippen molar-refractivity contribution in [2.24, 2.45) is 0 Å². The predicted molar refractivity (Wildman–Crippen MR) is 116 cm³/mol. The number of hydrogen-bond acceptors (Lipinski definition) is 2. The quantitative estimate of drug-likeness (QED) is 0.363. The maximum atomic E-state index is 13.8. The van der Waals surface area contributed by atoms with Crippen LogP contribution in [0.1, 0.15) is 21.6 Å². The standard InChI is InChI=1S/C21H15BrClFN2OS/c22-20-10-17-19(28-20)9-18(26(17)12-13-4-3-6-15(23)8-13)21(27)25-11-14-5-1-2-7-16(14)24/h1-10H,11-12H2,(H,25,27). The number of hydrogen-bond donors (Lipinski definition) is 1. The lowest BCUT2D eigenvalue weighted by molar-refractivity contribution is 0.0942. The molecule has 0 bridgehead atoms. The highest BCUT2D eigenvalue weighted by atomic mass is 79.9. The number of nitrogens with one attached hydrogen (secondary N) is 1. The van der Waals surface area contributed by atoms with Crippen LogP contribution in [0, 0.1) is 5.82 Å². The van der Waals surface area contributed by atoms with Gasteiger partial charge in [-0.05, 0) is 51.8 Å². The molecule has 4 aromatic rings. The second-order valence-electron chi connectivity index (χ2n) is 6.32. The van der Waals surface area contributed by atoms with Gasteiger partial charge in [0.15, 0.2) is 0 Å². The number of carbonyl (C=O) groups excluding carboxylic acids is 1. The summed E-state index contributed by atoms with van der Waals surface area (Å²) in [6, 6.07) is 17.9. The van der Waals surface area contributed by atoms with Gasteiger partial charge >= 0.3 is 0 Å². The number of rotatable bonds is 5. The maximum absolute atomic E-state index is 13.8. The number of nitrogens with zero attached hydrogens (tertiary/aromatic N) is 1. The minimum atomic E-state index is -0.331. The van der Waals surface area contributed by atoms with E-state index in [-0.39, 0.29) is 18.3 Å². The third kappa shape index (κ3) is 3.99. The van der Waals surface area contributed by atoms with E-state index in [0.717, 1.165) is 19.6 Å². The zero-order chi connectivity index (χ0) is 19.7. The van der Waals surface area contributed by atoms with Crippen LogP contribution < -0.4 is 5.32 Å². The van der Waals surface area contributed by atoms with Crippen LogP contribution in [0.25, 0.3) is 10.2 Å². The van der Waals surface area contributed by atoms with E-state index >= 15 is 0 Å². The third-order valence-electron chi connectivity index (χ3n) is 4.42. The lowest BCUT2D eigenvalue weighted by atomic mass is 10.2. The van der Waals surface area contributed by atoms with Crippen molar-refractivity contribution in [2.75, 3.05) is 0 Å². The minimum absolute atomic E-state index is 0.130. The molecule has 0 aliphatic rings. The van der Waals surface area contributed by atoms with Crippen molar-refractivity contribution >= 4 is 55.0 Å². The van der Waals surface area contributed by atoms with Crippen LogP contribution in [-0.2, 0) is 13.1 Å². The Morgan fingerprint density at radius 3 is 2.75 bits per heavy atom. The van der Waals surface area contributed by atoms with E-state index in [2.05, 4.69) is 21.2 Å². The fourth-order valence-electron chi connectivity index (χ4n) is 3.10. The Balaban J connectivity index is 1.65. The zero-order valence-electron chi connectivity index (χ0n) is 14.6. The van der Waals surface area contributed by atoms with Crippen molar-refractivity contribution in [3.05, 3.63) is 92.1 Å². The Bertz CT molecular complexity index is 1170. The van der Waals surface area contributed by atoms with Gasteiger partial charge in [-0.15, -0.1) is 11.3 Å². The Hall–Kier alpha value is -2.15. The van der Waals surface area contributed by atoms with Crippen LogP contribution in [-0.4, -0.2) is 10.5 Å².